The first-order valence-electron chi connectivity index (χ1n) is 6.39. The third kappa shape index (κ3) is 1.82. The fraction of sp³-hybridized carbons (Fsp3) is 0.385. The van der Waals surface area contributed by atoms with Gasteiger partial charge in [-0.15, -0.1) is 0 Å². The molecule has 0 bridgehead atoms. The van der Waals surface area contributed by atoms with Crippen LogP contribution in [0.2, 0.25) is 0 Å². The van der Waals surface area contributed by atoms with Crippen LogP contribution in [0.5, 0.6) is 0 Å². The summed E-state index contributed by atoms with van der Waals surface area (Å²) in [6.07, 6.45) is 3.27. The highest BCUT2D eigenvalue weighted by atomic mass is 15.4. The second kappa shape index (κ2) is 4.03. The van der Waals surface area contributed by atoms with Crippen LogP contribution >= 0.6 is 0 Å². The lowest BCUT2D eigenvalue weighted by atomic mass is 10.1. The van der Waals surface area contributed by atoms with E-state index in [1.54, 1.807) is 10.9 Å². The molecule has 0 saturated carbocycles. The Morgan fingerprint density at radius 3 is 2.55 bits per heavy atom. The first-order valence-corrected chi connectivity index (χ1v) is 6.39. The summed E-state index contributed by atoms with van der Waals surface area (Å²) in [5, 5.41) is 9.62. The predicted molar refractivity (Wildman–Crippen MR) is 76.6 cm³/mol. The summed E-state index contributed by atoms with van der Waals surface area (Å²) >= 11 is 0. The van der Waals surface area contributed by atoms with Gasteiger partial charge >= 0.3 is 0 Å². The van der Waals surface area contributed by atoms with Crippen molar-refractivity contribution in [2.75, 3.05) is 5.73 Å². The lowest BCUT2D eigenvalue weighted by Crippen LogP contribution is -2.23. The summed E-state index contributed by atoms with van der Waals surface area (Å²) < 4.78 is 3.49. The Labute approximate surface area is 116 Å². The van der Waals surface area contributed by atoms with E-state index in [9.17, 15) is 0 Å². The maximum Gasteiger partial charge on any atom is 0.170 e. The number of hydrogen-bond acceptors (Lipinski definition) is 5. The van der Waals surface area contributed by atoms with Crippen LogP contribution in [-0.2, 0) is 5.54 Å². The quantitative estimate of drug-likeness (QED) is 0.727. The van der Waals surface area contributed by atoms with Crippen molar-refractivity contribution in [2.45, 2.75) is 33.2 Å². The van der Waals surface area contributed by atoms with E-state index in [0.29, 0.717) is 11.6 Å². The number of rotatable bonds is 1. The predicted octanol–water partition coefficient (Wildman–Crippen LogP) is 1.66. The largest absolute Gasteiger partial charge is 0.384 e. The molecule has 0 radical (unpaired) electrons. The number of anilines is 1. The minimum absolute atomic E-state index is 0.154. The highest BCUT2D eigenvalue weighted by molar-refractivity contribution is 5.82. The number of nitrogens with two attached hydrogens (primary N) is 1. The van der Waals surface area contributed by atoms with Gasteiger partial charge in [-0.2, -0.15) is 14.9 Å². The minimum atomic E-state index is -0.154. The molecular weight excluding hydrogens is 254 g/mol. The van der Waals surface area contributed by atoms with Crippen molar-refractivity contribution in [1.82, 2.24) is 29.5 Å². The van der Waals surface area contributed by atoms with Gasteiger partial charge in [0.1, 0.15) is 12.1 Å². The van der Waals surface area contributed by atoms with Gasteiger partial charge < -0.3 is 5.73 Å². The van der Waals surface area contributed by atoms with Crippen molar-refractivity contribution in [1.29, 1.82) is 0 Å². The van der Waals surface area contributed by atoms with E-state index in [-0.39, 0.29) is 5.54 Å². The highest BCUT2D eigenvalue weighted by Crippen LogP contribution is 2.24. The van der Waals surface area contributed by atoms with Crippen molar-refractivity contribution in [3.63, 3.8) is 0 Å². The average Bonchev–Trinajstić information content (AvgIpc) is 2.91. The molecule has 20 heavy (non-hydrogen) atoms. The fourth-order valence-corrected chi connectivity index (χ4v) is 2.18. The smallest absolute Gasteiger partial charge is 0.170 e. The second-order valence-corrected chi connectivity index (χ2v) is 5.78. The SMILES string of the molecule is Cc1cc(N)n(-c2ncnc3c2cnn3C(C)(C)C)n1. The van der Waals surface area contributed by atoms with Gasteiger partial charge in [0.15, 0.2) is 11.5 Å². The van der Waals surface area contributed by atoms with Crippen LogP contribution in [0.4, 0.5) is 5.82 Å². The molecule has 3 rings (SSSR count). The van der Waals surface area contributed by atoms with Gasteiger partial charge in [0.05, 0.1) is 22.8 Å². The molecule has 0 fully saturated rings. The first-order chi connectivity index (χ1) is 9.38. The molecule has 0 aliphatic rings. The molecule has 0 aliphatic carbocycles. The van der Waals surface area contributed by atoms with Gasteiger partial charge in [-0.25, -0.2) is 14.6 Å². The van der Waals surface area contributed by atoms with Crippen LogP contribution < -0.4 is 5.73 Å². The molecule has 7 heteroatoms. The molecule has 7 nitrogen and oxygen atoms in total. The Kier molecular flexibility index (Phi) is 2.53. The Bertz CT molecular complexity index is 776. The monoisotopic (exact) mass is 271 g/mol. The van der Waals surface area contributed by atoms with Gasteiger partial charge in [0, 0.05) is 6.07 Å². The molecule has 2 N–H and O–H groups in total. The molecule has 3 aromatic rings. The lowest BCUT2D eigenvalue weighted by molar-refractivity contribution is 0.366. The Morgan fingerprint density at radius 2 is 1.95 bits per heavy atom. The van der Waals surface area contributed by atoms with Gasteiger partial charge in [-0.3, -0.25) is 0 Å². The molecule has 3 heterocycles. The maximum absolute atomic E-state index is 5.97. The summed E-state index contributed by atoms with van der Waals surface area (Å²) in [6.45, 7) is 8.12. The molecule has 3 aromatic heterocycles. The van der Waals surface area contributed by atoms with Gasteiger partial charge in [-0.1, -0.05) is 0 Å². The number of nitrogen functional groups attached to an aromatic ring is 1. The fourth-order valence-electron chi connectivity index (χ4n) is 2.18. The standard InChI is InChI=1S/C13H17N7/c1-8-5-10(14)19(18-8)11-9-6-17-20(13(2,3)4)12(9)16-7-15-11/h5-7H,14H2,1-4H3. The topological polar surface area (TPSA) is 87.4 Å². The summed E-state index contributed by atoms with van der Waals surface area (Å²) in [7, 11) is 0. The van der Waals surface area contributed by atoms with Gasteiger partial charge in [0.2, 0.25) is 0 Å². The van der Waals surface area contributed by atoms with Crippen molar-refractivity contribution in [3.8, 4) is 5.82 Å². The number of aromatic nitrogens is 6. The number of nitrogens with zero attached hydrogens (tertiary/aromatic N) is 6. The van der Waals surface area contributed by atoms with Crippen LogP contribution in [0.25, 0.3) is 16.9 Å². The molecule has 0 atom stereocenters. The van der Waals surface area contributed by atoms with Crippen LogP contribution in [0, 0.1) is 6.92 Å². The zero-order valence-electron chi connectivity index (χ0n) is 12.0. The van der Waals surface area contributed by atoms with E-state index in [1.165, 1.54) is 6.33 Å². The summed E-state index contributed by atoms with van der Waals surface area (Å²) in [5.41, 5.74) is 7.43. The second-order valence-electron chi connectivity index (χ2n) is 5.78. The number of fused-ring (bicyclic) bond motifs is 1. The van der Waals surface area contributed by atoms with Gasteiger partial charge in [0.25, 0.3) is 0 Å². The molecule has 104 valence electrons. The molecule has 0 spiro atoms. The Balaban J connectivity index is 2.29. The Morgan fingerprint density at radius 1 is 1.20 bits per heavy atom. The van der Waals surface area contributed by atoms with E-state index in [1.807, 2.05) is 17.7 Å². The van der Waals surface area contributed by atoms with Crippen molar-refractivity contribution in [3.05, 3.63) is 24.3 Å². The highest BCUT2D eigenvalue weighted by Gasteiger charge is 2.20. The molecule has 0 aromatic carbocycles. The zero-order chi connectivity index (χ0) is 14.5. The van der Waals surface area contributed by atoms with Crippen molar-refractivity contribution in [2.24, 2.45) is 0 Å². The zero-order valence-corrected chi connectivity index (χ0v) is 12.0. The van der Waals surface area contributed by atoms with Crippen LogP contribution in [-0.4, -0.2) is 29.5 Å². The van der Waals surface area contributed by atoms with E-state index in [2.05, 4.69) is 40.9 Å². The van der Waals surface area contributed by atoms with Gasteiger partial charge in [-0.05, 0) is 27.7 Å². The van der Waals surface area contributed by atoms with Crippen molar-refractivity contribution < 1.29 is 0 Å². The van der Waals surface area contributed by atoms with Crippen molar-refractivity contribution >= 4 is 16.9 Å². The minimum Gasteiger partial charge on any atom is -0.384 e. The third-order valence-corrected chi connectivity index (χ3v) is 3.04. The molecule has 0 amide bonds. The van der Waals surface area contributed by atoms with Crippen LogP contribution in [0.15, 0.2) is 18.6 Å². The van der Waals surface area contributed by atoms with E-state index in [0.717, 1.165) is 16.7 Å². The van der Waals surface area contributed by atoms with Crippen LogP contribution in [0.3, 0.4) is 0 Å². The molecule has 0 unspecified atom stereocenters. The maximum atomic E-state index is 5.97. The van der Waals surface area contributed by atoms with E-state index in [4.69, 9.17) is 5.73 Å². The van der Waals surface area contributed by atoms with Crippen LogP contribution in [0.1, 0.15) is 26.5 Å². The number of hydrogen-bond donors (Lipinski definition) is 1. The average molecular weight is 271 g/mol. The Hall–Kier alpha value is -2.44. The van der Waals surface area contributed by atoms with E-state index >= 15 is 0 Å². The molecule has 0 aliphatic heterocycles. The van der Waals surface area contributed by atoms with E-state index < -0.39 is 0 Å². The lowest BCUT2D eigenvalue weighted by Gasteiger charge is -2.19. The normalized spacial score (nSPS) is 12.2. The number of aryl methyl sites for hydroxylation is 1. The summed E-state index contributed by atoms with van der Waals surface area (Å²) in [5.74, 6) is 1.20. The molecular formula is C13H17N7. The molecule has 0 saturated heterocycles. The first kappa shape index (κ1) is 12.6. The summed E-state index contributed by atoms with van der Waals surface area (Å²) in [6, 6.07) is 1.81. The third-order valence-electron chi connectivity index (χ3n) is 3.04. The summed E-state index contributed by atoms with van der Waals surface area (Å²) in [4.78, 5) is 8.64.